The fourth-order valence-electron chi connectivity index (χ4n) is 10.5. The SMILES string of the molecule is C[N+]1(C)[C@@H]2CC(OC(=O)[C@]3(c4ccccc4)CC[C@@H](C(=O)OC4C[C@H]5[C@@H]6O[C@H]6[C@H](C4)[N+]5(C)C)c4ccccc43)C[C@H]1[C@@H]1O[C@H]12. The Morgan fingerprint density at radius 3 is 1.77 bits per heavy atom. The van der Waals surface area contributed by atoms with Gasteiger partial charge in [-0.25, -0.2) is 0 Å². The van der Waals surface area contributed by atoms with Crippen LogP contribution < -0.4 is 0 Å². The Bertz CT molecular complexity index is 1490. The van der Waals surface area contributed by atoms with E-state index in [4.69, 9.17) is 18.9 Å². The molecule has 6 aliphatic heterocycles. The van der Waals surface area contributed by atoms with Crippen molar-refractivity contribution in [1.29, 1.82) is 0 Å². The van der Waals surface area contributed by atoms with Crippen molar-refractivity contribution in [2.75, 3.05) is 28.2 Å². The van der Waals surface area contributed by atoms with Crippen molar-refractivity contribution in [3.8, 4) is 0 Å². The first-order valence-corrected chi connectivity index (χ1v) is 16.6. The first-order chi connectivity index (χ1) is 21.1. The molecule has 2 aromatic carbocycles. The Labute approximate surface area is 259 Å². The Morgan fingerprint density at radius 2 is 1.20 bits per heavy atom. The van der Waals surface area contributed by atoms with Crippen LogP contribution in [0, 0.1) is 0 Å². The van der Waals surface area contributed by atoms with Gasteiger partial charge < -0.3 is 27.9 Å². The molecule has 8 heteroatoms. The molecule has 0 aromatic heterocycles. The lowest BCUT2D eigenvalue weighted by atomic mass is 9.63. The third-order valence-electron chi connectivity index (χ3n) is 13.1. The summed E-state index contributed by atoms with van der Waals surface area (Å²) in [6, 6.07) is 19.5. The Morgan fingerprint density at radius 1 is 0.705 bits per heavy atom. The topological polar surface area (TPSA) is 77.7 Å². The molecule has 0 radical (unpaired) electrons. The summed E-state index contributed by atoms with van der Waals surface area (Å²) in [5, 5.41) is 0. The van der Waals surface area contributed by atoms with Crippen LogP contribution in [0.25, 0.3) is 0 Å². The van der Waals surface area contributed by atoms with Crippen LogP contribution in [0.15, 0.2) is 54.6 Å². The third-order valence-corrected chi connectivity index (χ3v) is 13.1. The van der Waals surface area contributed by atoms with E-state index >= 15 is 0 Å². The van der Waals surface area contributed by atoms with E-state index in [1.807, 2.05) is 54.6 Å². The minimum Gasteiger partial charge on any atom is -0.461 e. The van der Waals surface area contributed by atoms with Gasteiger partial charge in [0.15, 0.2) is 0 Å². The first-order valence-electron chi connectivity index (χ1n) is 16.6. The summed E-state index contributed by atoms with van der Waals surface area (Å²) in [7, 11) is 9.16. The standard InChI is InChI=1S/C36H44N2O6/c1-37(2)26-16-21(17-27(37)31-30(26)43-31)41-34(39)24-14-15-36(20-10-6-5-7-11-20,25-13-9-8-12-23(24)25)35(40)42-22-18-28-32-33(44-32)29(19-22)38(28,3)4/h5-13,21-22,24,26-33H,14-19H2,1-4H3/q+2/t22?,24-,26+,27+,28-,29+,30+,31+,32+,33+,36+/m1/s1. The third kappa shape index (κ3) is 3.71. The lowest BCUT2D eigenvalue weighted by molar-refractivity contribution is -0.938. The molecule has 7 aliphatic rings. The van der Waals surface area contributed by atoms with Gasteiger partial charge in [0.05, 0.1) is 34.1 Å². The average Bonchev–Trinajstić information content (AvgIpc) is 3.91. The van der Waals surface area contributed by atoms with Crippen LogP contribution in [0.1, 0.15) is 61.1 Å². The van der Waals surface area contributed by atoms with Crippen LogP contribution >= 0.6 is 0 Å². The largest absolute Gasteiger partial charge is 0.461 e. The molecule has 0 spiro atoms. The number of piperidine rings is 2. The fraction of sp³-hybridized carbons (Fsp3) is 0.611. The number of esters is 2. The van der Waals surface area contributed by atoms with Gasteiger partial charge in [-0.3, -0.25) is 9.59 Å². The second kappa shape index (κ2) is 9.15. The number of fused-ring (bicyclic) bond motifs is 11. The van der Waals surface area contributed by atoms with Gasteiger partial charge in [0.25, 0.3) is 0 Å². The molecular weight excluding hydrogens is 556 g/mol. The monoisotopic (exact) mass is 600 g/mol. The number of morpholine rings is 2. The van der Waals surface area contributed by atoms with E-state index in [2.05, 4.69) is 28.2 Å². The normalized spacial score (nSPS) is 44.5. The van der Waals surface area contributed by atoms with E-state index in [1.165, 1.54) is 0 Å². The van der Waals surface area contributed by atoms with Crippen molar-refractivity contribution in [3.05, 3.63) is 71.3 Å². The molecule has 6 saturated heterocycles. The van der Waals surface area contributed by atoms with E-state index < -0.39 is 11.3 Å². The molecule has 0 N–H and O–H groups in total. The second-order valence-corrected chi connectivity index (χ2v) is 15.6. The van der Waals surface area contributed by atoms with Gasteiger partial charge in [-0.1, -0.05) is 54.6 Å². The van der Waals surface area contributed by atoms with Gasteiger partial charge in [-0.05, 0) is 29.5 Å². The first kappa shape index (κ1) is 27.5. The molecule has 0 amide bonds. The van der Waals surface area contributed by atoms with Crippen molar-refractivity contribution >= 4 is 11.9 Å². The van der Waals surface area contributed by atoms with E-state index in [9.17, 15) is 9.59 Å². The molecule has 11 atom stereocenters. The van der Waals surface area contributed by atoms with Crippen molar-refractivity contribution in [1.82, 2.24) is 0 Å². The Balaban J connectivity index is 0.998. The summed E-state index contributed by atoms with van der Waals surface area (Å²) in [6.45, 7) is 0. The molecular formula is C36H44N2O6+2. The molecule has 1 unspecified atom stereocenters. The smallest absolute Gasteiger partial charge is 0.321 e. The number of quaternary nitrogens is 2. The molecule has 6 fully saturated rings. The molecule has 44 heavy (non-hydrogen) atoms. The summed E-state index contributed by atoms with van der Waals surface area (Å²) in [5.41, 5.74) is 1.72. The predicted molar refractivity (Wildman–Crippen MR) is 161 cm³/mol. The summed E-state index contributed by atoms with van der Waals surface area (Å²) in [6.07, 6.45) is 5.38. The highest BCUT2D eigenvalue weighted by Crippen LogP contribution is 2.54. The van der Waals surface area contributed by atoms with Crippen LogP contribution in [0.5, 0.6) is 0 Å². The van der Waals surface area contributed by atoms with Gasteiger partial charge in [-0.2, -0.15) is 0 Å². The van der Waals surface area contributed by atoms with Crippen molar-refractivity contribution in [2.24, 2.45) is 0 Å². The number of carbonyl (C=O) groups excluding carboxylic acids is 2. The highest BCUT2D eigenvalue weighted by atomic mass is 16.6. The average molecular weight is 601 g/mol. The molecule has 0 saturated carbocycles. The number of benzene rings is 2. The minimum absolute atomic E-state index is 0.0856. The van der Waals surface area contributed by atoms with Crippen molar-refractivity contribution in [3.63, 3.8) is 0 Å². The van der Waals surface area contributed by atoms with Crippen LogP contribution in [0.3, 0.4) is 0 Å². The molecule has 1 aliphatic carbocycles. The number of hydrogen-bond donors (Lipinski definition) is 0. The van der Waals surface area contributed by atoms with Gasteiger partial charge in [0.2, 0.25) is 0 Å². The maximum atomic E-state index is 14.6. The van der Waals surface area contributed by atoms with Crippen LogP contribution in [-0.2, 0) is 34.0 Å². The summed E-state index contributed by atoms with van der Waals surface area (Å²) in [5.74, 6) is -0.768. The molecule has 8 nitrogen and oxygen atoms in total. The zero-order valence-corrected chi connectivity index (χ0v) is 26.1. The minimum atomic E-state index is -0.973. The van der Waals surface area contributed by atoms with E-state index in [0.29, 0.717) is 61.4 Å². The highest BCUT2D eigenvalue weighted by Gasteiger charge is 2.72. The number of rotatable bonds is 5. The lowest BCUT2D eigenvalue weighted by Crippen LogP contribution is -2.60. The predicted octanol–water partition coefficient (Wildman–Crippen LogP) is 3.45. The summed E-state index contributed by atoms with van der Waals surface area (Å²) >= 11 is 0. The number of hydrogen-bond acceptors (Lipinski definition) is 6. The summed E-state index contributed by atoms with van der Waals surface area (Å²) < 4.78 is 26.7. The fourth-order valence-corrected chi connectivity index (χ4v) is 10.5. The quantitative estimate of drug-likeness (QED) is 0.297. The zero-order valence-electron chi connectivity index (χ0n) is 26.1. The van der Waals surface area contributed by atoms with E-state index in [0.717, 1.165) is 51.3 Å². The second-order valence-electron chi connectivity index (χ2n) is 15.6. The number of ether oxygens (including phenoxy) is 4. The van der Waals surface area contributed by atoms with E-state index in [1.54, 1.807) is 0 Å². The molecule has 4 bridgehead atoms. The van der Waals surface area contributed by atoms with Gasteiger partial charge >= 0.3 is 11.9 Å². The highest BCUT2D eigenvalue weighted by molar-refractivity contribution is 5.91. The zero-order chi connectivity index (χ0) is 30.2. The van der Waals surface area contributed by atoms with Crippen LogP contribution in [-0.4, -0.2) is 110 Å². The van der Waals surface area contributed by atoms with Crippen LogP contribution in [0.2, 0.25) is 0 Å². The maximum Gasteiger partial charge on any atom is 0.321 e. The molecule has 9 rings (SSSR count). The van der Waals surface area contributed by atoms with E-state index in [-0.39, 0.29) is 24.1 Å². The van der Waals surface area contributed by atoms with Crippen molar-refractivity contribution < 1.29 is 37.5 Å². The Hall–Kier alpha value is -2.78. The number of carbonyl (C=O) groups is 2. The molecule has 6 heterocycles. The maximum absolute atomic E-state index is 14.6. The lowest BCUT2D eigenvalue weighted by Gasteiger charge is -2.46. The number of nitrogens with zero attached hydrogens (tertiary/aromatic N) is 2. The van der Waals surface area contributed by atoms with Gasteiger partial charge in [0, 0.05) is 25.7 Å². The summed E-state index contributed by atoms with van der Waals surface area (Å²) in [4.78, 5) is 28.6. The Kier molecular flexibility index (Phi) is 5.72. The van der Waals surface area contributed by atoms with Crippen LogP contribution in [0.4, 0.5) is 0 Å². The van der Waals surface area contributed by atoms with Gasteiger partial charge in [0.1, 0.15) is 66.2 Å². The molecule has 232 valence electrons. The number of likely N-dealkylation sites (N-methyl/N-ethyl adjacent to an activating group) is 2. The number of epoxide rings is 2. The van der Waals surface area contributed by atoms with Gasteiger partial charge in [-0.15, -0.1) is 0 Å². The van der Waals surface area contributed by atoms with Crippen molar-refractivity contribution in [2.45, 2.75) is 111 Å². The molecule has 2 aromatic rings.